The summed E-state index contributed by atoms with van der Waals surface area (Å²) in [7, 11) is 0. The molecule has 25 heavy (non-hydrogen) atoms. The lowest BCUT2D eigenvalue weighted by Gasteiger charge is -2.22. The maximum absolute atomic E-state index is 13.8. The van der Waals surface area contributed by atoms with Crippen LogP contribution < -0.4 is 0 Å². The fourth-order valence-electron chi connectivity index (χ4n) is 3.26. The molecular weight excluding hydrogens is 321 g/mol. The average Bonchev–Trinajstić information content (AvgIpc) is 2.79. The minimum absolute atomic E-state index is 0.0992. The third-order valence-corrected chi connectivity index (χ3v) is 4.80. The Morgan fingerprint density at radius 3 is 2.72 bits per heavy atom. The van der Waals surface area contributed by atoms with Crippen LogP contribution in [-0.4, -0.2) is 47.0 Å². The van der Waals surface area contributed by atoms with Crippen LogP contribution in [0.5, 0.6) is 0 Å². The molecule has 2 aromatic rings. The van der Waals surface area contributed by atoms with E-state index in [0.29, 0.717) is 30.8 Å². The Bertz CT molecular complexity index is 725. The molecule has 5 nitrogen and oxygen atoms in total. The number of halogens is 1. The van der Waals surface area contributed by atoms with E-state index in [1.54, 1.807) is 6.07 Å². The predicted molar refractivity (Wildman–Crippen MR) is 92.6 cm³/mol. The molecule has 6 heteroatoms. The van der Waals surface area contributed by atoms with Gasteiger partial charge >= 0.3 is 0 Å². The maximum Gasteiger partial charge on any atom is 0.227 e. The maximum atomic E-state index is 13.8. The van der Waals surface area contributed by atoms with E-state index in [4.69, 9.17) is 4.52 Å². The smallest absolute Gasteiger partial charge is 0.227 e. The Balaban J connectivity index is 1.58. The summed E-state index contributed by atoms with van der Waals surface area (Å²) in [5, 5.41) is 3.91. The number of rotatable bonds is 4. The van der Waals surface area contributed by atoms with Crippen molar-refractivity contribution in [2.45, 2.75) is 33.2 Å². The Morgan fingerprint density at radius 2 is 2.00 bits per heavy atom. The number of hydrogen-bond acceptors (Lipinski definition) is 4. The lowest BCUT2D eigenvalue weighted by molar-refractivity contribution is -0.130. The third kappa shape index (κ3) is 4.25. The van der Waals surface area contributed by atoms with Gasteiger partial charge in [0.1, 0.15) is 11.6 Å². The first-order valence-electron chi connectivity index (χ1n) is 8.70. The molecule has 3 rings (SSSR count). The van der Waals surface area contributed by atoms with Gasteiger partial charge in [0.05, 0.1) is 12.1 Å². The van der Waals surface area contributed by atoms with Crippen LogP contribution in [0, 0.1) is 19.7 Å². The topological polar surface area (TPSA) is 49.6 Å². The highest BCUT2D eigenvalue weighted by molar-refractivity contribution is 5.79. The van der Waals surface area contributed by atoms with Crippen molar-refractivity contribution >= 4 is 5.91 Å². The zero-order valence-corrected chi connectivity index (χ0v) is 14.8. The number of amides is 1. The molecule has 1 amide bonds. The molecule has 2 heterocycles. The van der Waals surface area contributed by atoms with Crippen LogP contribution >= 0.6 is 0 Å². The van der Waals surface area contributed by atoms with E-state index < -0.39 is 0 Å². The number of carbonyl (C=O) groups excluding carboxylic acids is 1. The van der Waals surface area contributed by atoms with E-state index in [-0.39, 0.29) is 11.7 Å². The summed E-state index contributed by atoms with van der Waals surface area (Å²) >= 11 is 0. The Kier molecular flexibility index (Phi) is 5.48. The second-order valence-corrected chi connectivity index (χ2v) is 6.58. The second-order valence-electron chi connectivity index (χ2n) is 6.58. The van der Waals surface area contributed by atoms with E-state index in [0.717, 1.165) is 37.3 Å². The lowest BCUT2D eigenvalue weighted by Crippen LogP contribution is -2.36. The molecule has 0 N–H and O–H groups in total. The molecule has 0 atom stereocenters. The molecule has 0 saturated carbocycles. The highest BCUT2D eigenvalue weighted by atomic mass is 19.1. The summed E-state index contributed by atoms with van der Waals surface area (Å²) in [6.07, 6.45) is 1.22. The molecule has 1 fully saturated rings. The summed E-state index contributed by atoms with van der Waals surface area (Å²) in [6.45, 7) is 7.29. The molecule has 1 aliphatic heterocycles. The first-order valence-corrected chi connectivity index (χ1v) is 8.70. The fourth-order valence-corrected chi connectivity index (χ4v) is 3.26. The highest BCUT2D eigenvalue weighted by Crippen LogP contribution is 2.16. The van der Waals surface area contributed by atoms with Crippen LogP contribution in [0.1, 0.15) is 29.0 Å². The van der Waals surface area contributed by atoms with Crippen molar-refractivity contribution in [2.75, 3.05) is 26.2 Å². The quantitative estimate of drug-likeness (QED) is 0.855. The largest absolute Gasteiger partial charge is 0.361 e. The minimum atomic E-state index is -0.168. The van der Waals surface area contributed by atoms with Gasteiger partial charge in [0.15, 0.2) is 0 Å². The zero-order chi connectivity index (χ0) is 17.8. The monoisotopic (exact) mass is 345 g/mol. The first-order chi connectivity index (χ1) is 12.0. The average molecular weight is 345 g/mol. The predicted octanol–water partition coefficient (Wildman–Crippen LogP) is 2.71. The molecule has 1 aliphatic rings. The van der Waals surface area contributed by atoms with Gasteiger partial charge in [-0.3, -0.25) is 9.69 Å². The molecule has 0 spiro atoms. The summed E-state index contributed by atoms with van der Waals surface area (Å²) in [5.41, 5.74) is 2.37. The van der Waals surface area contributed by atoms with Gasteiger partial charge in [0.25, 0.3) is 0 Å². The number of benzene rings is 1. The standard InChI is InChI=1S/C19H24FN3O2/c1-14-17(15(2)25-21-14)12-19(24)23-9-5-8-22(10-11-23)13-16-6-3-4-7-18(16)20/h3-4,6-7H,5,8-13H2,1-2H3. The number of hydrogen-bond donors (Lipinski definition) is 0. The summed E-state index contributed by atoms with van der Waals surface area (Å²) in [5.74, 6) is 0.641. The van der Waals surface area contributed by atoms with E-state index in [9.17, 15) is 9.18 Å². The molecule has 1 aromatic carbocycles. The summed E-state index contributed by atoms with van der Waals surface area (Å²) in [6, 6.07) is 6.87. The number of nitrogens with zero attached hydrogens (tertiary/aromatic N) is 3. The van der Waals surface area contributed by atoms with Crippen LogP contribution in [0.15, 0.2) is 28.8 Å². The van der Waals surface area contributed by atoms with Crippen LogP contribution in [0.2, 0.25) is 0 Å². The minimum Gasteiger partial charge on any atom is -0.361 e. The van der Waals surface area contributed by atoms with E-state index in [1.807, 2.05) is 30.9 Å². The lowest BCUT2D eigenvalue weighted by atomic mass is 10.1. The zero-order valence-electron chi connectivity index (χ0n) is 14.8. The van der Waals surface area contributed by atoms with Crippen molar-refractivity contribution in [2.24, 2.45) is 0 Å². The van der Waals surface area contributed by atoms with Gasteiger partial charge in [0, 0.05) is 43.9 Å². The molecular formula is C19H24FN3O2. The number of aromatic nitrogens is 1. The van der Waals surface area contributed by atoms with E-state index in [2.05, 4.69) is 10.1 Å². The summed E-state index contributed by atoms with van der Waals surface area (Å²) in [4.78, 5) is 16.7. The van der Waals surface area contributed by atoms with Gasteiger partial charge in [0.2, 0.25) is 5.91 Å². The van der Waals surface area contributed by atoms with Gasteiger partial charge < -0.3 is 9.42 Å². The molecule has 134 valence electrons. The third-order valence-electron chi connectivity index (χ3n) is 4.80. The van der Waals surface area contributed by atoms with Gasteiger partial charge in [-0.2, -0.15) is 0 Å². The SMILES string of the molecule is Cc1noc(C)c1CC(=O)N1CCCN(Cc2ccccc2F)CC1. The van der Waals surface area contributed by atoms with Gasteiger partial charge in [-0.05, 0) is 26.3 Å². The second kappa shape index (κ2) is 7.78. The first kappa shape index (κ1) is 17.6. The summed E-state index contributed by atoms with van der Waals surface area (Å²) < 4.78 is 19.0. The van der Waals surface area contributed by atoms with Gasteiger partial charge in [-0.25, -0.2) is 4.39 Å². The Morgan fingerprint density at radius 1 is 1.20 bits per heavy atom. The van der Waals surface area contributed by atoms with Crippen LogP contribution in [0.25, 0.3) is 0 Å². The Hall–Kier alpha value is -2.21. The highest BCUT2D eigenvalue weighted by Gasteiger charge is 2.22. The fraction of sp³-hybridized carbons (Fsp3) is 0.474. The normalized spacial score (nSPS) is 16.0. The number of carbonyl (C=O) groups is 1. The molecule has 0 radical (unpaired) electrons. The van der Waals surface area contributed by atoms with Crippen molar-refractivity contribution in [3.8, 4) is 0 Å². The van der Waals surface area contributed by atoms with Gasteiger partial charge in [-0.15, -0.1) is 0 Å². The molecule has 1 aromatic heterocycles. The van der Waals surface area contributed by atoms with E-state index in [1.165, 1.54) is 6.07 Å². The molecule has 0 unspecified atom stereocenters. The van der Waals surface area contributed by atoms with Crippen molar-refractivity contribution in [1.82, 2.24) is 15.0 Å². The van der Waals surface area contributed by atoms with Crippen molar-refractivity contribution in [1.29, 1.82) is 0 Å². The van der Waals surface area contributed by atoms with Crippen molar-refractivity contribution < 1.29 is 13.7 Å². The van der Waals surface area contributed by atoms with Crippen LogP contribution in [0.4, 0.5) is 4.39 Å². The van der Waals surface area contributed by atoms with Crippen LogP contribution in [0.3, 0.4) is 0 Å². The van der Waals surface area contributed by atoms with Crippen molar-refractivity contribution in [3.63, 3.8) is 0 Å². The molecule has 0 aliphatic carbocycles. The molecule has 1 saturated heterocycles. The Labute approximate surface area is 147 Å². The van der Waals surface area contributed by atoms with Gasteiger partial charge in [-0.1, -0.05) is 23.4 Å². The number of aryl methyl sites for hydroxylation is 2. The molecule has 0 bridgehead atoms. The van der Waals surface area contributed by atoms with Crippen molar-refractivity contribution in [3.05, 3.63) is 52.7 Å². The van der Waals surface area contributed by atoms with Crippen LogP contribution in [-0.2, 0) is 17.8 Å². The van der Waals surface area contributed by atoms with E-state index >= 15 is 0 Å².